The molecule has 0 fully saturated rings. The van der Waals surface area contributed by atoms with Gasteiger partial charge in [-0.15, -0.1) is 0 Å². The number of anilines is 2. The van der Waals surface area contributed by atoms with Crippen LogP contribution in [0, 0.1) is 18.8 Å². The Kier molecular flexibility index (Phi) is 4.42. The van der Waals surface area contributed by atoms with Gasteiger partial charge in [-0.25, -0.2) is 4.98 Å². The van der Waals surface area contributed by atoms with E-state index in [1.165, 1.54) is 0 Å². The molecule has 1 aromatic heterocycles. The van der Waals surface area contributed by atoms with E-state index in [0.717, 1.165) is 35.7 Å². The lowest BCUT2D eigenvalue weighted by Gasteiger charge is -2.32. The molecule has 3 rings (SSSR count). The number of nitrogens with zero attached hydrogens (tertiary/aromatic N) is 2. The average molecular weight is 331 g/mol. The third-order valence-electron chi connectivity index (χ3n) is 3.53. The quantitative estimate of drug-likeness (QED) is 0.843. The largest absolute Gasteiger partial charge is 0.367 e. The fraction of sp³-hybridized carbons (Fsp3) is 0.176. The van der Waals surface area contributed by atoms with Crippen molar-refractivity contribution >= 4 is 34.7 Å². The van der Waals surface area contributed by atoms with Gasteiger partial charge >= 0.3 is 0 Å². The molecule has 2 heterocycles. The summed E-state index contributed by atoms with van der Waals surface area (Å²) in [7, 11) is 0. The van der Waals surface area contributed by atoms with Gasteiger partial charge < -0.3 is 10.2 Å². The summed E-state index contributed by atoms with van der Waals surface area (Å²) in [5.41, 5.74) is 2.77. The summed E-state index contributed by atoms with van der Waals surface area (Å²) in [4.78, 5) is 6.63. The molecule has 1 aliphatic rings. The second-order valence-corrected chi connectivity index (χ2v) is 5.76. The summed E-state index contributed by atoms with van der Waals surface area (Å²) in [5, 5.41) is 4.64. The number of rotatable bonds is 2. The van der Waals surface area contributed by atoms with Gasteiger partial charge in [-0.2, -0.15) is 0 Å². The molecule has 0 saturated carbocycles. The monoisotopic (exact) mass is 330 g/mol. The molecule has 111 valence electrons. The summed E-state index contributed by atoms with van der Waals surface area (Å²) in [6.45, 7) is 5.85. The van der Waals surface area contributed by atoms with E-state index in [4.69, 9.17) is 23.2 Å². The van der Waals surface area contributed by atoms with E-state index in [-0.39, 0.29) is 0 Å². The number of hydrogen-bond acceptors (Lipinski definition) is 3. The first kappa shape index (κ1) is 15.0. The summed E-state index contributed by atoms with van der Waals surface area (Å²) in [6, 6.07) is 7.57. The zero-order valence-corrected chi connectivity index (χ0v) is 13.4. The molecule has 0 unspecified atom stereocenters. The van der Waals surface area contributed by atoms with Gasteiger partial charge in [-0.3, -0.25) is 0 Å². The fourth-order valence-corrected chi connectivity index (χ4v) is 2.99. The van der Waals surface area contributed by atoms with Crippen LogP contribution in [0.25, 0.3) is 0 Å². The second-order valence-electron chi connectivity index (χ2n) is 4.94. The van der Waals surface area contributed by atoms with Gasteiger partial charge in [0.05, 0.1) is 5.69 Å². The molecule has 3 nitrogen and oxygen atoms in total. The molecule has 1 aliphatic heterocycles. The minimum atomic E-state index is 0.635. The van der Waals surface area contributed by atoms with Crippen LogP contribution in [0.4, 0.5) is 11.5 Å². The first-order chi connectivity index (χ1) is 10.7. The van der Waals surface area contributed by atoms with E-state index in [0.29, 0.717) is 16.6 Å². The van der Waals surface area contributed by atoms with Crippen molar-refractivity contribution in [3.8, 4) is 11.8 Å². The Morgan fingerprint density at radius 3 is 2.82 bits per heavy atom. The first-order valence-electron chi connectivity index (χ1n) is 6.89. The Balaban J connectivity index is 1.97. The van der Waals surface area contributed by atoms with Crippen molar-refractivity contribution in [1.82, 2.24) is 4.98 Å². The molecule has 1 N–H and O–H groups in total. The van der Waals surface area contributed by atoms with Crippen molar-refractivity contribution in [1.29, 1.82) is 0 Å². The number of aromatic nitrogens is 1. The SMILES string of the molecule is [CH2]C#Cc1cnc2c(c1)N(Cc1c(Cl)cccc1Cl)CCN2. The normalized spacial score (nSPS) is 13.0. The van der Waals surface area contributed by atoms with Gasteiger partial charge in [0.1, 0.15) is 5.82 Å². The van der Waals surface area contributed by atoms with Crippen LogP contribution in [-0.2, 0) is 6.54 Å². The maximum Gasteiger partial charge on any atom is 0.149 e. The third-order valence-corrected chi connectivity index (χ3v) is 4.23. The first-order valence-corrected chi connectivity index (χ1v) is 7.64. The number of benzene rings is 1. The van der Waals surface area contributed by atoms with Crippen LogP contribution in [0.1, 0.15) is 11.1 Å². The molecule has 0 spiro atoms. The Labute approximate surface area is 140 Å². The Morgan fingerprint density at radius 2 is 2.09 bits per heavy atom. The Morgan fingerprint density at radius 1 is 1.32 bits per heavy atom. The minimum absolute atomic E-state index is 0.635. The van der Waals surface area contributed by atoms with Gasteiger partial charge in [0.15, 0.2) is 0 Å². The number of nitrogens with one attached hydrogen (secondary N) is 1. The molecule has 0 bridgehead atoms. The summed E-state index contributed by atoms with van der Waals surface area (Å²) >= 11 is 12.6. The summed E-state index contributed by atoms with van der Waals surface area (Å²) in [5.74, 6) is 6.44. The Bertz CT molecular complexity index is 742. The van der Waals surface area contributed by atoms with E-state index in [1.807, 2.05) is 24.3 Å². The molecule has 1 aromatic carbocycles. The predicted octanol–water partition coefficient (Wildman–Crippen LogP) is 4.01. The highest BCUT2D eigenvalue weighted by Gasteiger charge is 2.20. The van der Waals surface area contributed by atoms with Crippen molar-refractivity contribution < 1.29 is 0 Å². The van der Waals surface area contributed by atoms with Crippen LogP contribution in [0.5, 0.6) is 0 Å². The molecule has 0 atom stereocenters. The fourth-order valence-electron chi connectivity index (χ4n) is 2.47. The number of fused-ring (bicyclic) bond motifs is 1. The zero-order valence-electron chi connectivity index (χ0n) is 11.9. The lowest BCUT2D eigenvalue weighted by Crippen LogP contribution is -2.34. The summed E-state index contributed by atoms with van der Waals surface area (Å²) < 4.78 is 0. The minimum Gasteiger partial charge on any atom is -0.367 e. The van der Waals surface area contributed by atoms with Crippen LogP contribution in [0.2, 0.25) is 10.0 Å². The number of halogens is 2. The van der Waals surface area contributed by atoms with Gasteiger partial charge in [-0.05, 0) is 18.2 Å². The van der Waals surface area contributed by atoms with Crippen LogP contribution >= 0.6 is 23.2 Å². The Hall–Kier alpha value is -1.89. The standard InChI is InChI=1S/C17H14Cl2N3/c1-2-4-12-9-16-17(21-10-12)20-7-8-22(16)11-13-14(18)5-3-6-15(13)19/h3,5-6,9-10H,1,7-8,11H2,(H,20,21). The lowest BCUT2D eigenvalue weighted by molar-refractivity contribution is 0.780. The van der Waals surface area contributed by atoms with Crippen molar-refractivity contribution in [3.63, 3.8) is 0 Å². The maximum absolute atomic E-state index is 6.28. The van der Waals surface area contributed by atoms with Gasteiger partial charge in [0, 0.05) is 53.9 Å². The van der Waals surface area contributed by atoms with Gasteiger partial charge in [-0.1, -0.05) is 41.1 Å². The van der Waals surface area contributed by atoms with Crippen molar-refractivity contribution in [3.05, 3.63) is 58.6 Å². The van der Waals surface area contributed by atoms with Crippen LogP contribution in [0.15, 0.2) is 30.5 Å². The topological polar surface area (TPSA) is 28.2 Å². The zero-order chi connectivity index (χ0) is 15.5. The van der Waals surface area contributed by atoms with E-state index in [2.05, 4.69) is 34.0 Å². The highest BCUT2D eigenvalue weighted by molar-refractivity contribution is 6.36. The maximum atomic E-state index is 6.28. The molecule has 2 aromatic rings. The molecule has 22 heavy (non-hydrogen) atoms. The van der Waals surface area contributed by atoms with Crippen LogP contribution in [0.3, 0.4) is 0 Å². The molecule has 0 amide bonds. The van der Waals surface area contributed by atoms with E-state index in [9.17, 15) is 0 Å². The smallest absolute Gasteiger partial charge is 0.149 e. The second kappa shape index (κ2) is 6.48. The van der Waals surface area contributed by atoms with Crippen molar-refractivity contribution in [2.24, 2.45) is 0 Å². The molecule has 1 radical (unpaired) electrons. The molecule has 5 heteroatoms. The van der Waals surface area contributed by atoms with Crippen LogP contribution in [-0.4, -0.2) is 18.1 Å². The van der Waals surface area contributed by atoms with E-state index in [1.54, 1.807) is 6.20 Å². The predicted molar refractivity (Wildman–Crippen MR) is 92.5 cm³/mol. The van der Waals surface area contributed by atoms with Gasteiger partial charge in [0.2, 0.25) is 0 Å². The van der Waals surface area contributed by atoms with Crippen molar-refractivity contribution in [2.45, 2.75) is 6.54 Å². The number of pyridine rings is 1. The highest BCUT2D eigenvalue weighted by Crippen LogP contribution is 2.32. The van der Waals surface area contributed by atoms with Crippen LogP contribution < -0.4 is 10.2 Å². The molecular formula is C17H14Cl2N3. The summed E-state index contributed by atoms with van der Waals surface area (Å²) in [6.07, 6.45) is 1.75. The molecule has 0 saturated heterocycles. The van der Waals surface area contributed by atoms with E-state index < -0.39 is 0 Å². The molecular weight excluding hydrogens is 317 g/mol. The van der Waals surface area contributed by atoms with Crippen molar-refractivity contribution in [2.75, 3.05) is 23.3 Å². The van der Waals surface area contributed by atoms with E-state index >= 15 is 0 Å². The average Bonchev–Trinajstić information content (AvgIpc) is 2.52. The number of hydrogen-bond donors (Lipinski definition) is 1. The molecule has 0 aliphatic carbocycles. The lowest BCUT2D eigenvalue weighted by atomic mass is 10.1. The highest BCUT2D eigenvalue weighted by atomic mass is 35.5. The van der Waals surface area contributed by atoms with Gasteiger partial charge in [0.25, 0.3) is 0 Å². The third kappa shape index (κ3) is 2.99.